The summed E-state index contributed by atoms with van der Waals surface area (Å²) in [5.74, 6) is 0.238. The standard InChI is InChI=1S/C14H18FNO2/c1-9(11-7-16-8-11)12(17)6-10-4-3-5-13(18-2)14(10)15/h3-5,9,11,16H,6-8H2,1-2H3. The molecule has 3 nitrogen and oxygen atoms in total. The molecule has 0 aromatic heterocycles. The zero-order valence-electron chi connectivity index (χ0n) is 10.7. The number of ether oxygens (including phenoxy) is 1. The topological polar surface area (TPSA) is 38.3 Å². The fourth-order valence-electron chi connectivity index (χ4n) is 2.13. The molecule has 0 spiro atoms. The Morgan fingerprint density at radius 2 is 2.28 bits per heavy atom. The van der Waals surface area contributed by atoms with Gasteiger partial charge in [-0.1, -0.05) is 19.1 Å². The van der Waals surface area contributed by atoms with E-state index < -0.39 is 5.82 Å². The molecule has 1 fully saturated rings. The molecule has 1 aliphatic heterocycles. The van der Waals surface area contributed by atoms with E-state index in [0.717, 1.165) is 13.1 Å². The van der Waals surface area contributed by atoms with Crippen LogP contribution in [0.2, 0.25) is 0 Å². The van der Waals surface area contributed by atoms with Crippen LogP contribution in [0.5, 0.6) is 5.75 Å². The Morgan fingerprint density at radius 1 is 1.56 bits per heavy atom. The summed E-state index contributed by atoms with van der Waals surface area (Å²) in [5.41, 5.74) is 0.415. The second-order valence-electron chi connectivity index (χ2n) is 4.78. The number of hydrogen-bond donors (Lipinski definition) is 1. The van der Waals surface area contributed by atoms with Crippen molar-refractivity contribution in [1.29, 1.82) is 0 Å². The van der Waals surface area contributed by atoms with Gasteiger partial charge in [0.25, 0.3) is 0 Å². The van der Waals surface area contributed by atoms with Crippen molar-refractivity contribution in [2.75, 3.05) is 20.2 Å². The monoisotopic (exact) mass is 251 g/mol. The minimum atomic E-state index is -0.424. The van der Waals surface area contributed by atoms with Crippen LogP contribution in [0.3, 0.4) is 0 Å². The highest BCUT2D eigenvalue weighted by atomic mass is 19.1. The van der Waals surface area contributed by atoms with Crippen molar-refractivity contribution in [3.63, 3.8) is 0 Å². The number of rotatable bonds is 5. The molecule has 2 rings (SSSR count). The van der Waals surface area contributed by atoms with E-state index in [0.29, 0.717) is 11.5 Å². The molecule has 0 saturated carbocycles. The second-order valence-corrected chi connectivity index (χ2v) is 4.78. The highest BCUT2D eigenvalue weighted by Crippen LogP contribution is 2.23. The molecule has 1 unspecified atom stereocenters. The van der Waals surface area contributed by atoms with Crippen LogP contribution in [0.4, 0.5) is 4.39 Å². The van der Waals surface area contributed by atoms with Gasteiger partial charge in [0.1, 0.15) is 5.78 Å². The van der Waals surface area contributed by atoms with Crippen LogP contribution >= 0.6 is 0 Å². The summed E-state index contributed by atoms with van der Waals surface area (Å²) in [4.78, 5) is 12.1. The maximum atomic E-state index is 13.9. The van der Waals surface area contributed by atoms with E-state index in [-0.39, 0.29) is 23.9 Å². The van der Waals surface area contributed by atoms with E-state index in [1.807, 2.05) is 6.92 Å². The van der Waals surface area contributed by atoms with Gasteiger partial charge < -0.3 is 10.1 Å². The quantitative estimate of drug-likeness (QED) is 0.867. The zero-order chi connectivity index (χ0) is 13.1. The van der Waals surface area contributed by atoms with Crippen molar-refractivity contribution < 1.29 is 13.9 Å². The number of ketones is 1. The van der Waals surface area contributed by atoms with Gasteiger partial charge in [0.15, 0.2) is 11.6 Å². The highest BCUT2D eigenvalue weighted by Gasteiger charge is 2.29. The Bertz CT molecular complexity index is 443. The predicted molar refractivity (Wildman–Crippen MR) is 67.2 cm³/mol. The largest absolute Gasteiger partial charge is 0.494 e. The van der Waals surface area contributed by atoms with E-state index in [9.17, 15) is 9.18 Å². The minimum Gasteiger partial charge on any atom is -0.494 e. The third-order valence-corrected chi connectivity index (χ3v) is 3.66. The SMILES string of the molecule is COc1cccc(CC(=O)C(C)C2CNC2)c1F. The number of benzene rings is 1. The third-order valence-electron chi connectivity index (χ3n) is 3.66. The first kappa shape index (κ1) is 13.0. The van der Waals surface area contributed by atoms with E-state index in [1.165, 1.54) is 7.11 Å². The van der Waals surface area contributed by atoms with Crippen molar-refractivity contribution in [1.82, 2.24) is 5.32 Å². The molecular formula is C14H18FNO2. The average Bonchev–Trinajstić information content (AvgIpc) is 2.29. The number of Topliss-reactive ketones (excluding diaryl/α,β-unsaturated/α-hetero) is 1. The summed E-state index contributed by atoms with van der Waals surface area (Å²) in [6.07, 6.45) is 0.140. The van der Waals surface area contributed by atoms with E-state index in [2.05, 4.69) is 5.32 Å². The molecular weight excluding hydrogens is 233 g/mol. The summed E-state index contributed by atoms with van der Waals surface area (Å²) >= 11 is 0. The summed E-state index contributed by atoms with van der Waals surface area (Å²) in [6, 6.07) is 4.91. The number of nitrogens with one attached hydrogen (secondary N) is 1. The lowest BCUT2D eigenvalue weighted by Gasteiger charge is -2.31. The normalized spacial score (nSPS) is 17.1. The van der Waals surface area contributed by atoms with Gasteiger partial charge in [-0.05, 0) is 30.6 Å². The van der Waals surface area contributed by atoms with Gasteiger partial charge in [0, 0.05) is 12.3 Å². The van der Waals surface area contributed by atoms with Gasteiger partial charge in [-0.2, -0.15) is 0 Å². The lowest BCUT2D eigenvalue weighted by Crippen LogP contribution is -2.47. The minimum absolute atomic E-state index is 0.0168. The Kier molecular flexibility index (Phi) is 3.97. The average molecular weight is 251 g/mol. The molecule has 1 heterocycles. The first-order chi connectivity index (χ1) is 8.63. The Morgan fingerprint density at radius 3 is 2.83 bits per heavy atom. The van der Waals surface area contributed by atoms with Crippen molar-refractivity contribution in [2.24, 2.45) is 11.8 Å². The molecule has 0 bridgehead atoms. The van der Waals surface area contributed by atoms with Gasteiger partial charge in [-0.25, -0.2) is 4.39 Å². The molecule has 0 radical (unpaired) electrons. The van der Waals surface area contributed by atoms with Gasteiger partial charge in [0.2, 0.25) is 0 Å². The Balaban J connectivity index is 2.06. The fraction of sp³-hybridized carbons (Fsp3) is 0.500. The van der Waals surface area contributed by atoms with Gasteiger partial charge in [0.05, 0.1) is 7.11 Å². The molecule has 1 N–H and O–H groups in total. The number of hydrogen-bond acceptors (Lipinski definition) is 3. The van der Waals surface area contributed by atoms with Gasteiger partial charge in [-0.3, -0.25) is 4.79 Å². The summed E-state index contributed by atoms with van der Waals surface area (Å²) in [5, 5.41) is 3.14. The van der Waals surface area contributed by atoms with Crippen LogP contribution in [0.25, 0.3) is 0 Å². The first-order valence-electron chi connectivity index (χ1n) is 6.18. The maximum Gasteiger partial charge on any atom is 0.168 e. The molecule has 18 heavy (non-hydrogen) atoms. The van der Waals surface area contributed by atoms with Crippen LogP contribution < -0.4 is 10.1 Å². The smallest absolute Gasteiger partial charge is 0.168 e. The number of carbonyl (C=O) groups is 1. The summed E-state index contributed by atoms with van der Waals surface area (Å²) in [6.45, 7) is 3.69. The van der Waals surface area contributed by atoms with Crippen molar-refractivity contribution in [3.8, 4) is 5.75 Å². The molecule has 0 amide bonds. The lowest BCUT2D eigenvalue weighted by molar-refractivity contribution is -0.123. The van der Waals surface area contributed by atoms with Crippen molar-refractivity contribution in [2.45, 2.75) is 13.3 Å². The molecule has 1 saturated heterocycles. The molecule has 1 aromatic carbocycles. The molecule has 1 atom stereocenters. The van der Waals surface area contributed by atoms with Gasteiger partial charge >= 0.3 is 0 Å². The second kappa shape index (κ2) is 5.48. The zero-order valence-corrected chi connectivity index (χ0v) is 10.7. The molecule has 0 aliphatic carbocycles. The number of halogens is 1. The van der Waals surface area contributed by atoms with Crippen molar-refractivity contribution >= 4 is 5.78 Å². The Hall–Kier alpha value is -1.42. The maximum absolute atomic E-state index is 13.9. The molecule has 4 heteroatoms. The first-order valence-corrected chi connectivity index (χ1v) is 6.18. The van der Waals surface area contributed by atoms with Crippen LogP contribution in [0, 0.1) is 17.7 Å². The predicted octanol–water partition coefficient (Wildman–Crippen LogP) is 1.80. The van der Waals surface area contributed by atoms with Crippen molar-refractivity contribution in [3.05, 3.63) is 29.6 Å². The number of carbonyl (C=O) groups excluding carboxylic acids is 1. The highest BCUT2D eigenvalue weighted by molar-refractivity contribution is 5.83. The Labute approximate surface area is 106 Å². The molecule has 1 aromatic rings. The van der Waals surface area contributed by atoms with E-state index in [4.69, 9.17) is 4.74 Å². The third kappa shape index (κ3) is 2.53. The molecule has 98 valence electrons. The van der Waals surface area contributed by atoms with E-state index >= 15 is 0 Å². The van der Waals surface area contributed by atoms with Crippen LogP contribution in [0.1, 0.15) is 12.5 Å². The summed E-state index contributed by atoms with van der Waals surface area (Å²) < 4.78 is 18.8. The lowest BCUT2D eigenvalue weighted by atomic mass is 9.84. The van der Waals surface area contributed by atoms with Crippen LogP contribution in [-0.2, 0) is 11.2 Å². The van der Waals surface area contributed by atoms with E-state index in [1.54, 1.807) is 18.2 Å². The van der Waals surface area contributed by atoms with Crippen LogP contribution in [-0.4, -0.2) is 26.0 Å². The fourth-order valence-corrected chi connectivity index (χ4v) is 2.13. The summed E-state index contributed by atoms with van der Waals surface area (Å²) in [7, 11) is 1.42. The number of methoxy groups -OCH3 is 1. The van der Waals surface area contributed by atoms with Crippen LogP contribution in [0.15, 0.2) is 18.2 Å². The van der Waals surface area contributed by atoms with Gasteiger partial charge in [-0.15, -0.1) is 0 Å². The molecule has 1 aliphatic rings.